The lowest BCUT2D eigenvalue weighted by molar-refractivity contribution is -0.121. The average Bonchev–Trinajstić information content (AvgIpc) is 3.12. The van der Waals surface area contributed by atoms with Crippen LogP contribution in [0.2, 0.25) is 5.02 Å². The fourth-order valence-corrected chi connectivity index (χ4v) is 4.80. The van der Waals surface area contributed by atoms with Crippen LogP contribution in [-0.2, 0) is 14.8 Å². The molecule has 2 aromatic rings. The topological polar surface area (TPSA) is 57.7 Å². The van der Waals surface area contributed by atoms with Gasteiger partial charge in [0.2, 0.25) is 15.9 Å². The molecule has 0 unspecified atom stereocenters. The summed E-state index contributed by atoms with van der Waals surface area (Å²) in [5.74, 6) is -0.221. The van der Waals surface area contributed by atoms with E-state index in [0.29, 0.717) is 24.4 Å². The quantitative estimate of drug-likeness (QED) is 0.821. The Labute approximate surface area is 152 Å². The number of likely N-dealkylation sites (N-methyl/N-ethyl adjacent to an activating group) is 1. The number of hydrogen-bond acceptors (Lipinski definition) is 3. The van der Waals surface area contributed by atoms with E-state index in [9.17, 15) is 13.2 Å². The van der Waals surface area contributed by atoms with E-state index < -0.39 is 16.1 Å². The summed E-state index contributed by atoms with van der Waals surface area (Å²) in [7, 11) is -2.07. The Hall–Kier alpha value is -1.89. The van der Waals surface area contributed by atoms with Crippen LogP contribution in [0.25, 0.3) is 0 Å². The summed E-state index contributed by atoms with van der Waals surface area (Å²) in [5, 5.41) is 0.469. The number of carbonyl (C=O) groups excluding carboxylic acids is 1. The lowest BCUT2D eigenvalue weighted by Crippen LogP contribution is -2.46. The second-order valence-electron chi connectivity index (χ2n) is 5.96. The lowest BCUT2D eigenvalue weighted by atomic mass is 10.2. The van der Waals surface area contributed by atoms with Crippen LogP contribution in [-0.4, -0.2) is 38.3 Å². The van der Waals surface area contributed by atoms with Crippen LogP contribution in [0.1, 0.15) is 12.8 Å². The second-order valence-corrected chi connectivity index (χ2v) is 8.29. The number of rotatable bonds is 4. The number of anilines is 1. The molecule has 1 fully saturated rings. The molecular weight excluding hydrogens is 360 g/mol. The monoisotopic (exact) mass is 378 g/mol. The number of nitrogens with zero attached hydrogens (tertiary/aromatic N) is 2. The first-order valence-electron chi connectivity index (χ1n) is 8.01. The number of carbonyl (C=O) groups is 1. The van der Waals surface area contributed by atoms with Gasteiger partial charge in [-0.05, 0) is 49.2 Å². The van der Waals surface area contributed by atoms with E-state index in [1.807, 2.05) is 30.3 Å². The minimum Gasteiger partial charge on any atom is -0.314 e. The maximum absolute atomic E-state index is 12.9. The van der Waals surface area contributed by atoms with Gasteiger partial charge < -0.3 is 4.90 Å². The maximum Gasteiger partial charge on any atom is 0.245 e. The summed E-state index contributed by atoms with van der Waals surface area (Å²) < 4.78 is 27.2. The van der Waals surface area contributed by atoms with Crippen molar-refractivity contribution in [2.75, 3.05) is 18.5 Å². The number of benzene rings is 2. The summed E-state index contributed by atoms with van der Waals surface area (Å²) >= 11 is 5.84. The minimum atomic E-state index is -3.74. The number of hydrogen-bond donors (Lipinski definition) is 0. The summed E-state index contributed by atoms with van der Waals surface area (Å²) in [6.07, 6.45) is 1.18. The minimum absolute atomic E-state index is 0.152. The normalized spacial score (nSPS) is 18.2. The molecule has 2 aromatic carbocycles. The van der Waals surface area contributed by atoms with Crippen molar-refractivity contribution in [3.63, 3.8) is 0 Å². The van der Waals surface area contributed by atoms with Gasteiger partial charge in [-0.25, -0.2) is 8.42 Å². The highest BCUT2D eigenvalue weighted by Gasteiger charge is 2.40. The van der Waals surface area contributed by atoms with E-state index in [-0.39, 0.29) is 10.8 Å². The van der Waals surface area contributed by atoms with Gasteiger partial charge in [-0.1, -0.05) is 29.8 Å². The smallest absolute Gasteiger partial charge is 0.245 e. The molecule has 7 heteroatoms. The van der Waals surface area contributed by atoms with Gasteiger partial charge in [0.1, 0.15) is 6.04 Å². The van der Waals surface area contributed by atoms with Gasteiger partial charge in [0.15, 0.2) is 0 Å². The fraction of sp³-hybridized carbons (Fsp3) is 0.278. The van der Waals surface area contributed by atoms with Gasteiger partial charge in [-0.2, -0.15) is 4.31 Å². The van der Waals surface area contributed by atoms with Crippen molar-refractivity contribution in [3.05, 3.63) is 59.6 Å². The maximum atomic E-state index is 12.9. The van der Waals surface area contributed by atoms with E-state index in [1.165, 1.54) is 33.5 Å². The molecule has 1 saturated heterocycles. The van der Waals surface area contributed by atoms with Gasteiger partial charge in [0.05, 0.1) is 4.90 Å². The Kier molecular flexibility index (Phi) is 5.13. The largest absolute Gasteiger partial charge is 0.314 e. The Morgan fingerprint density at radius 1 is 1.12 bits per heavy atom. The second kappa shape index (κ2) is 7.15. The Morgan fingerprint density at radius 2 is 1.76 bits per heavy atom. The van der Waals surface area contributed by atoms with Crippen molar-refractivity contribution in [2.24, 2.45) is 0 Å². The molecule has 0 aromatic heterocycles. The van der Waals surface area contributed by atoms with Gasteiger partial charge in [-0.15, -0.1) is 0 Å². The molecule has 1 atom stereocenters. The van der Waals surface area contributed by atoms with Crippen LogP contribution in [0.4, 0.5) is 5.69 Å². The predicted molar refractivity (Wildman–Crippen MR) is 98.2 cm³/mol. The van der Waals surface area contributed by atoms with Crippen molar-refractivity contribution in [1.82, 2.24) is 4.31 Å². The molecule has 0 radical (unpaired) electrons. The third-order valence-electron chi connectivity index (χ3n) is 4.38. The molecule has 0 saturated carbocycles. The summed E-state index contributed by atoms with van der Waals surface area (Å²) in [6, 6.07) is 14.5. The van der Waals surface area contributed by atoms with E-state index >= 15 is 0 Å². The number of amides is 1. The van der Waals surface area contributed by atoms with Crippen LogP contribution in [0.15, 0.2) is 59.5 Å². The third-order valence-corrected chi connectivity index (χ3v) is 6.56. The zero-order valence-electron chi connectivity index (χ0n) is 13.8. The van der Waals surface area contributed by atoms with Gasteiger partial charge in [0, 0.05) is 24.3 Å². The molecule has 5 nitrogen and oxygen atoms in total. The molecule has 1 aliphatic heterocycles. The molecule has 0 aliphatic carbocycles. The van der Waals surface area contributed by atoms with Crippen molar-refractivity contribution < 1.29 is 13.2 Å². The molecule has 1 aliphatic rings. The highest BCUT2D eigenvalue weighted by molar-refractivity contribution is 7.89. The zero-order valence-corrected chi connectivity index (χ0v) is 15.4. The Bertz CT molecular complexity index is 854. The van der Waals surface area contributed by atoms with Gasteiger partial charge in [0.25, 0.3) is 0 Å². The molecule has 0 bridgehead atoms. The standard InChI is InChI=1S/C18H19ClN2O3S/c1-20(15-6-3-2-4-7-15)18(22)17-8-5-13-21(17)25(23,24)16-11-9-14(19)10-12-16/h2-4,6-7,9-12,17H,5,8,13H2,1H3/t17-/m1/s1. The Balaban J connectivity index is 1.87. The number of para-hydroxylation sites is 1. The predicted octanol–water partition coefficient (Wildman–Crippen LogP) is 3.16. The highest BCUT2D eigenvalue weighted by Crippen LogP contribution is 2.28. The average molecular weight is 379 g/mol. The molecule has 0 spiro atoms. The number of halogens is 1. The van der Waals surface area contributed by atoms with Crippen molar-refractivity contribution in [3.8, 4) is 0 Å². The van der Waals surface area contributed by atoms with E-state index in [1.54, 1.807) is 7.05 Å². The van der Waals surface area contributed by atoms with Gasteiger partial charge in [-0.3, -0.25) is 4.79 Å². The first-order valence-corrected chi connectivity index (χ1v) is 9.83. The van der Waals surface area contributed by atoms with Crippen LogP contribution in [0.5, 0.6) is 0 Å². The van der Waals surface area contributed by atoms with E-state index in [0.717, 1.165) is 5.69 Å². The molecule has 25 heavy (non-hydrogen) atoms. The zero-order chi connectivity index (χ0) is 18.0. The molecule has 3 rings (SSSR count). The number of sulfonamides is 1. The third kappa shape index (κ3) is 3.56. The van der Waals surface area contributed by atoms with Gasteiger partial charge >= 0.3 is 0 Å². The Morgan fingerprint density at radius 3 is 2.40 bits per heavy atom. The lowest BCUT2D eigenvalue weighted by Gasteiger charge is -2.27. The molecule has 0 N–H and O–H groups in total. The molecule has 132 valence electrons. The van der Waals surface area contributed by atoms with Crippen LogP contribution >= 0.6 is 11.6 Å². The van der Waals surface area contributed by atoms with Crippen molar-refractivity contribution >= 4 is 33.2 Å². The summed E-state index contributed by atoms with van der Waals surface area (Å²) in [6.45, 7) is 0.337. The molecule has 1 amide bonds. The van der Waals surface area contributed by atoms with Crippen LogP contribution in [0, 0.1) is 0 Å². The van der Waals surface area contributed by atoms with Crippen LogP contribution in [0.3, 0.4) is 0 Å². The molecular formula is C18H19ClN2O3S. The first kappa shape index (κ1) is 17.9. The van der Waals surface area contributed by atoms with Crippen molar-refractivity contribution in [2.45, 2.75) is 23.8 Å². The SMILES string of the molecule is CN(C(=O)[C@H]1CCCN1S(=O)(=O)c1ccc(Cl)cc1)c1ccccc1. The fourth-order valence-electron chi connectivity index (χ4n) is 3.02. The van der Waals surface area contributed by atoms with Crippen LogP contribution < -0.4 is 4.90 Å². The van der Waals surface area contributed by atoms with E-state index in [2.05, 4.69) is 0 Å². The van der Waals surface area contributed by atoms with Crippen molar-refractivity contribution in [1.29, 1.82) is 0 Å². The van der Waals surface area contributed by atoms with E-state index in [4.69, 9.17) is 11.6 Å². The first-order chi connectivity index (χ1) is 11.9. The summed E-state index contributed by atoms with van der Waals surface area (Å²) in [4.78, 5) is 14.6. The molecule has 1 heterocycles. The summed E-state index contributed by atoms with van der Waals surface area (Å²) in [5.41, 5.74) is 0.739. The highest BCUT2D eigenvalue weighted by atomic mass is 35.5.